The zero-order valence-electron chi connectivity index (χ0n) is 25.2. The molecule has 40 heavy (non-hydrogen) atoms. The standard InChI is InChI=1S/C31H54N2O6S/c1-5-22-26-19-21(34)12-14-31(26,4)25-13-15-30(3)23(10-11-24(30)27(25)28(22)35)20(2)9-8-18-39-29(36)32-40(37,38)33-16-6-7-17-33/h20-28,34-35H,5-19H2,1-4H3,(H,32,36)/t20-,21-,22-,23?,24?,25?,26+,27?,28-,30?,31-/m1/s1. The number of hydrogen-bond donors (Lipinski definition) is 3. The maximum Gasteiger partial charge on any atom is 0.421 e. The Morgan fingerprint density at radius 2 is 1.70 bits per heavy atom. The van der Waals surface area contributed by atoms with Crippen LogP contribution in [0.5, 0.6) is 0 Å². The lowest BCUT2D eigenvalue weighted by molar-refractivity contribution is -0.203. The van der Waals surface area contributed by atoms with Crippen molar-refractivity contribution < 1.29 is 28.2 Å². The summed E-state index contributed by atoms with van der Waals surface area (Å²) in [7, 11) is -3.81. The van der Waals surface area contributed by atoms with Crippen molar-refractivity contribution in [1.29, 1.82) is 0 Å². The average Bonchev–Trinajstić information content (AvgIpc) is 3.56. The molecule has 5 aliphatic rings. The zero-order chi connectivity index (χ0) is 28.9. The lowest BCUT2D eigenvalue weighted by atomic mass is 9.41. The first-order valence-electron chi connectivity index (χ1n) is 16.2. The van der Waals surface area contributed by atoms with Crippen molar-refractivity contribution >= 4 is 16.3 Å². The van der Waals surface area contributed by atoms with Gasteiger partial charge in [-0.1, -0.05) is 34.1 Å². The van der Waals surface area contributed by atoms with Crippen molar-refractivity contribution in [2.75, 3.05) is 19.7 Å². The third-order valence-corrected chi connectivity index (χ3v) is 14.3. The van der Waals surface area contributed by atoms with Crippen LogP contribution in [0.25, 0.3) is 0 Å². The third kappa shape index (κ3) is 5.35. The lowest BCUT2D eigenvalue weighted by Gasteiger charge is -2.64. The van der Waals surface area contributed by atoms with Crippen molar-refractivity contribution in [3.8, 4) is 0 Å². The molecular formula is C31H54N2O6S. The fourth-order valence-electron chi connectivity index (χ4n) is 10.8. The van der Waals surface area contributed by atoms with Gasteiger partial charge in [-0.05, 0) is 123 Å². The summed E-state index contributed by atoms with van der Waals surface area (Å²) in [6, 6.07) is 0. The normalized spacial score (nSPS) is 44.4. The predicted molar refractivity (Wildman–Crippen MR) is 154 cm³/mol. The van der Waals surface area contributed by atoms with Crippen molar-refractivity contribution in [2.45, 2.75) is 117 Å². The molecule has 0 spiro atoms. The Morgan fingerprint density at radius 3 is 2.40 bits per heavy atom. The summed E-state index contributed by atoms with van der Waals surface area (Å²) in [6.45, 7) is 10.6. The number of carbonyl (C=O) groups is 1. The molecule has 0 bridgehead atoms. The summed E-state index contributed by atoms with van der Waals surface area (Å²) in [4.78, 5) is 12.1. The van der Waals surface area contributed by atoms with Crippen LogP contribution in [0.15, 0.2) is 0 Å². The van der Waals surface area contributed by atoms with Crippen molar-refractivity contribution in [3.63, 3.8) is 0 Å². The van der Waals surface area contributed by atoms with Gasteiger partial charge in [-0.25, -0.2) is 9.52 Å². The van der Waals surface area contributed by atoms with Gasteiger partial charge in [0.1, 0.15) is 0 Å². The van der Waals surface area contributed by atoms with Crippen LogP contribution < -0.4 is 4.72 Å². The van der Waals surface area contributed by atoms with E-state index in [9.17, 15) is 23.4 Å². The largest absolute Gasteiger partial charge is 0.449 e. The number of nitrogens with zero attached hydrogens (tertiary/aromatic N) is 1. The Labute approximate surface area is 242 Å². The van der Waals surface area contributed by atoms with Crippen molar-refractivity contribution in [1.82, 2.24) is 9.03 Å². The number of hydrogen-bond acceptors (Lipinski definition) is 6. The molecule has 4 saturated carbocycles. The van der Waals surface area contributed by atoms with Crippen molar-refractivity contribution in [2.24, 2.45) is 52.3 Å². The van der Waals surface area contributed by atoms with Gasteiger partial charge < -0.3 is 14.9 Å². The van der Waals surface area contributed by atoms with Crippen molar-refractivity contribution in [3.05, 3.63) is 0 Å². The topological polar surface area (TPSA) is 116 Å². The SMILES string of the molecule is CC[C@H]1[C@@H](O)C2C3CCC([C@H](C)CCCOC(=O)NS(=O)(=O)N4CCCC4)C3(C)CCC2[C@@]2(C)CC[C@@H](O)C[C@@H]12. The monoisotopic (exact) mass is 582 g/mol. The fraction of sp³-hybridized carbons (Fsp3) is 0.968. The van der Waals surface area contributed by atoms with Crippen LogP contribution in [0.2, 0.25) is 0 Å². The molecule has 8 nitrogen and oxygen atoms in total. The number of fused-ring (bicyclic) bond motifs is 5. The highest BCUT2D eigenvalue weighted by molar-refractivity contribution is 7.87. The molecule has 5 unspecified atom stereocenters. The summed E-state index contributed by atoms with van der Waals surface area (Å²) in [5.41, 5.74) is 0.425. The minimum absolute atomic E-state index is 0.208. The van der Waals surface area contributed by atoms with E-state index in [1.54, 1.807) is 0 Å². The number of aliphatic hydroxyl groups is 2. The van der Waals surface area contributed by atoms with E-state index in [0.29, 0.717) is 55.0 Å². The molecule has 0 aromatic carbocycles. The first kappa shape index (κ1) is 30.6. The van der Waals surface area contributed by atoms with Gasteiger partial charge in [0.2, 0.25) is 0 Å². The molecule has 9 heteroatoms. The fourth-order valence-corrected chi connectivity index (χ4v) is 12.0. The van der Waals surface area contributed by atoms with Crippen LogP contribution in [0, 0.1) is 52.3 Å². The van der Waals surface area contributed by atoms with E-state index in [4.69, 9.17) is 4.74 Å². The third-order valence-electron chi connectivity index (χ3n) is 12.8. The van der Waals surface area contributed by atoms with E-state index in [1.807, 2.05) is 4.72 Å². The van der Waals surface area contributed by atoms with Gasteiger partial charge in [0, 0.05) is 13.1 Å². The first-order chi connectivity index (χ1) is 18.9. The Bertz CT molecular complexity index is 1020. The maximum atomic E-state index is 12.3. The summed E-state index contributed by atoms with van der Waals surface area (Å²) >= 11 is 0. The van der Waals surface area contributed by atoms with Gasteiger partial charge in [0.15, 0.2) is 0 Å². The van der Waals surface area contributed by atoms with Crippen LogP contribution >= 0.6 is 0 Å². The number of nitrogens with one attached hydrogen (secondary N) is 1. The van der Waals surface area contributed by atoms with E-state index >= 15 is 0 Å². The number of amides is 1. The van der Waals surface area contributed by atoms with E-state index < -0.39 is 16.3 Å². The molecule has 4 aliphatic carbocycles. The van der Waals surface area contributed by atoms with Gasteiger partial charge in [-0.2, -0.15) is 12.7 Å². The second kappa shape index (κ2) is 11.6. The quantitative estimate of drug-likeness (QED) is 0.343. The highest BCUT2D eigenvalue weighted by Crippen LogP contribution is 2.69. The first-order valence-corrected chi connectivity index (χ1v) is 17.7. The lowest BCUT2D eigenvalue weighted by Crippen LogP contribution is -2.62. The summed E-state index contributed by atoms with van der Waals surface area (Å²) in [5, 5.41) is 22.4. The number of ether oxygens (including phenoxy) is 1. The van der Waals surface area contributed by atoms with Crippen LogP contribution in [0.1, 0.15) is 105 Å². The van der Waals surface area contributed by atoms with E-state index in [0.717, 1.165) is 44.9 Å². The summed E-state index contributed by atoms with van der Waals surface area (Å²) < 4.78 is 33.2. The highest BCUT2D eigenvalue weighted by atomic mass is 32.2. The highest BCUT2D eigenvalue weighted by Gasteiger charge is 2.64. The molecule has 0 aromatic rings. The van der Waals surface area contributed by atoms with Gasteiger partial charge in [0.25, 0.3) is 0 Å². The molecule has 3 N–H and O–H groups in total. The van der Waals surface area contributed by atoms with Crippen LogP contribution in [0.3, 0.4) is 0 Å². The average molecular weight is 583 g/mol. The van der Waals surface area contributed by atoms with Crippen LogP contribution in [-0.2, 0) is 14.9 Å². The van der Waals surface area contributed by atoms with Crippen LogP contribution in [-0.4, -0.2) is 60.9 Å². The number of rotatable bonds is 8. The van der Waals surface area contributed by atoms with Crippen LogP contribution in [0.4, 0.5) is 4.79 Å². The minimum atomic E-state index is -3.81. The number of carbonyl (C=O) groups excluding carboxylic acids is 1. The summed E-state index contributed by atoms with van der Waals surface area (Å²) in [5.74, 6) is 3.17. The second-order valence-corrected chi connectivity index (χ2v) is 16.3. The van der Waals surface area contributed by atoms with Gasteiger partial charge in [0.05, 0.1) is 18.8 Å². The van der Waals surface area contributed by atoms with Gasteiger partial charge in [-0.3, -0.25) is 0 Å². The molecule has 230 valence electrons. The smallest absolute Gasteiger partial charge is 0.421 e. The van der Waals surface area contributed by atoms with E-state index in [2.05, 4.69) is 27.7 Å². The molecule has 5 fully saturated rings. The molecule has 0 aromatic heterocycles. The molecule has 1 amide bonds. The number of aliphatic hydroxyl groups excluding tert-OH is 2. The molecule has 5 rings (SSSR count). The molecule has 1 aliphatic heterocycles. The molecule has 11 atom stereocenters. The maximum absolute atomic E-state index is 12.3. The summed E-state index contributed by atoms with van der Waals surface area (Å²) in [6.07, 6.45) is 10.5. The second-order valence-electron chi connectivity index (χ2n) is 14.6. The van der Waals surface area contributed by atoms with E-state index in [-0.39, 0.29) is 35.6 Å². The predicted octanol–water partition coefficient (Wildman–Crippen LogP) is 5.10. The Hall–Kier alpha value is -0.900. The molecule has 1 saturated heterocycles. The molecular weight excluding hydrogens is 528 g/mol. The van der Waals surface area contributed by atoms with Gasteiger partial charge in [-0.15, -0.1) is 0 Å². The van der Waals surface area contributed by atoms with E-state index in [1.165, 1.54) is 30.0 Å². The zero-order valence-corrected chi connectivity index (χ0v) is 26.0. The molecule has 0 radical (unpaired) electrons. The molecule has 1 heterocycles. The Kier molecular flexibility index (Phi) is 8.90. The van der Waals surface area contributed by atoms with Gasteiger partial charge >= 0.3 is 16.3 Å². The Balaban J connectivity index is 1.18. The Morgan fingerprint density at radius 1 is 1.02 bits per heavy atom. The minimum Gasteiger partial charge on any atom is -0.449 e.